The summed E-state index contributed by atoms with van der Waals surface area (Å²) in [4.78, 5) is 12.5. The highest BCUT2D eigenvalue weighted by molar-refractivity contribution is 6.06. The van der Waals surface area contributed by atoms with Gasteiger partial charge in [0.2, 0.25) is 0 Å². The molecule has 1 heterocycles. The summed E-state index contributed by atoms with van der Waals surface area (Å²) in [7, 11) is 0. The Morgan fingerprint density at radius 1 is 1.21 bits per heavy atom. The van der Waals surface area contributed by atoms with Crippen LogP contribution in [0.2, 0.25) is 0 Å². The fourth-order valence-corrected chi connectivity index (χ4v) is 2.64. The molecule has 1 aliphatic heterocycles. The number of rotatable bonds is 2. The van der Waals surface area contributed by atoms with Crippen LogP contribution in [0.15, 0.2) is 36.4 Å². The van der Waals surface area contributed by atoms with Gasteiger partial charge >= 0.3 is 0 Å². The number of anilines is 1. The molecule has 2 aromatic carbocycles. The molecule has 0 bridgehead atoms. The van der Waals surface area contributed by atoms with Crippen LogP contribution in [-0.4, -0.2) is 19.0 Å². The van der Waals surface area contributed by atoms with Gasteiger partial charge in [-0.05, 0) is 35.7 Å². The largest absolute Gasteiger partial charge is 0.398 e. The summed E-state index contributed by atoms with van der Waals surface area (Å²) in [6, 6.07) is 11.7. The van der Waals surface area contributed by atoms with E-state index in [1.807, 2.05) is 36.4 Å². The van der Waals surface area contributed by atoms with E-state index in [2.05, 4.69) is 0 Å². The minimum Gasteiger partial charge on any atom is -0.398 e. The van der Waals surface area contributed by atoms with E-state index >= 15 is 0 Å². The lowest BCUT2D eigenvalue weighted by molar-refractivity contribution is 0.0462. The van der Waals surface area contributed by atoms with E-state index in [0.717, 1.165) is 30.2 Å². The molecule has 0 aliphatic carbocycles. The van der Waals surface area contributed by atoms with Crippen LogP contribution in [0.1, 0.15) is 23.2 Å². The van der Waals surface area contributed by atoms with E-state index in [-0.39, 0.29) is 11.7 Å². The number of Topliss-reactive ketones (excluding diaryl/α,β-unsaturated/α-hetero) is 1. The van der Waals surface area contributed by atoms with Gasteiger partial charge in [-0.3, -0.25) is 4.79 Å². The smallest absolute Gasteiger partial charge is 0.170 e. The summed E-state index contributed by atoms with van der Waals surface area (Å²) in [6.45, 7) is 1.28. The van der Waals surface area contributed by atoms with Gasteiger partial charge in [-0.2, -0.15) is 0 Å². The SMILES string of the molecule is Nc1cc2ccccc2cc1C(=O)C1CCCOC1. The summed E-state index contributed by atoms with van der Waals surface area (Å²) in [6.07, 6.45) is 1.84. The predicted molar refractivity (Wildman–Crippen MR) is 76.2 cm³/mol. The number of ketones is 1. The number of hydrogen-bond donors (Lipinski definition) is 1. The molecule has 1 fully saturated rings. The Kier molecular flexibility index (Phi) is 3.22. The van der Waals surface area contributed by atoms with Gasteiger partial charge in [-0.25, -0.2) is 0 Å². The van der Waals surface area contributed by atoms with Gasteiger partial charge in [0.1, 0.15) is 0 Å². The van der Waals surface area contributed by atoms with Gasteiger partial charge in [-0.1, -0.05) is 24.3 Å². The maximum Gasteiger partial charge on any atom is 0.170 e. The summed E-state index contributed by atoms with van der Waals surface area (Å²) in [5.74, 6) is 0.0696. The van der Waals surface area contributed by atoms with Crippen LogP contribution >= 0.6 is 0 Å². The topological polar surface area (TPSA) is 52.3 Å². The van der Waals surface area contributed by atoms with Gasteiger partial charge in [0.05, 0.1) is 6.61 Å². The Morgan fingerprint density at radius 2 is 1.95 bits per heavy atom. The van der Waals surface area contributed by atoms with E-state index in [0.29, 0.717) is 17.9 Å². The van der Waals surface area contributed by atoms with E-state index in [9.17, 15) is 4.79 Å². The average molecular weight is 255 g/mol. The van der Waals surface area contributed by atoms with Crippen molar-refractivity contribution in [3.8, 4) is 0 Å². The third-order valence-corrected chi connectivity index (χ3v) is 3.71. The lowest BCUT2D eigenvalue weighted by atomic mass is 9.90. The number of hydrogen-bond acceptors (Lipinski definition) is 3. The first kappa shape index (κ1) is 12.2. The first-order chi connectivity index (χ1) is 9.25. The summed E-state index contributed by atoms with van der Waals surface area (Å²) in [5.41, 5.74) is 7.23. The van der Waals surface area contributed by atoms with Crippen LogP contribution in [0.4, 0.5) is 5.69 Å². The molecule has 0 saturated carbocycles. The van der Waals surface area contributed by atoms with Crippen molar-refractivity contribution < 1.29 is 9.53 Å². The average Bonchev–Trinajstić information content (AvgIpc) is 2.47. The third kappa shape index (κ3) is 2.34. The van der Waals surface area contributed by atoms with Crippen molar-refractivity contribution >= 4 is 22.2 Å². The van der Waals surface area contributed by atoms with Crippen molar-refractivity contribution in [2.75, 3.05) is 18.9 Å². The number of benzene rings is 2. The van der Waals surface area contributed by atoms with E-state index < -0.39 is 0 Å². The van der Waals surface area contributed by atoms with Gasteiger partial charge in [0.15, 0.2) is 5.78 Å². The van der Waals surface area contributed by atoms with Crippen LogP contribution in [0, 0.1) is 5.92 Å². The highest BCUT2D eigenvalue weighted by atomic mass is 16.5. The standard InChI is InChI=1S/C16H17NO2/c17-15-9-12-5-2-1-4-11(12)8-14(15)16(18)13-6-3-7-19-10-13/h1-2,4-5,8-9,13H,3,6-7,10,17H2. The van der Waals surface area contributed by atoms with Crippen LogP contribution in [-0.2, 0) is 4.74 Å². The monoisotopic (exact) mass is 255 g/mol. The van der Waals surface area contributed by atoms with Crippen molar-refractivity contribution in [2.24, 2.45) is 5.92 Å². The Balaban J connectivity index is 1.99. The second-order valence-corrected chi connectivity index (χ2v) is 5.06. The van der Waals surface area contributed by atoms with Crippen LogP contribution in [0.25, 0.3) is 10.8 Å². The third-order valence-electron chi connectivity index (χ3n) is 3.71. The molecule has 3 nitrogen and oxygen atoms in total. The maximum atomic E-state index is 12.5. The molecule has 3 rings (SSSR count). The van der Waals surface area contributed by atoms with Crippen molar-refractivity contribution in [3.63, 3.8) is 0 Å². The molecule has 1 unspecified atom stereocenters. The molecule has 0 amide bonds. The Hall–Kier alpha value is -1.87. The van der Waals surface area contributed by atoms with Crippen LogP contribution < -0.4 is 5.73 Å². The number of nitrogens with two attached hydrogens (primary N) is 1. The van der Waals surface area contributed by atoms with Gasteiger partial charge in [-0.15, -0.1) is 0 Å². The molecule has 3 heteroatoms. The molecule has 0 radical (unpaired) electrons. The van der Waals surface area contributed by atoms with Gasteiger partial charge in [0.25, 0.3) is 0 Å². The minimum atomic E-state index is -0.0442. The summed E-state index contributed by atoms with van der Waals surface area (Å²) < 4.78 is 5.39. The zero-order valence-electron chi connectivity index (χ0n) is 10.8. The van der Waals surface area contributed by atoms with Gasteiger partial charge < -0.3 is 10.5 Å². The van der Waals surface area contributed by atoms with E-state index in [1.165, 1.54) is 0 Å². The zero-order valence-corrected chi connectivity index (χ0v) is 10.8. The molecule has 1 atom stereocenters. The lowest BCUT2D eigenvalue weighted by Crippen LogP contribution is -2.25. The molecule has 98 valence electrons. The molecule has 1 saturated heterocycles. The normalized spacial score (nSPS) is 19.5. The molecule has 19 heavy (non-hydrogen) atoms. The van der Waals surface area contributed by atoms with Crippen LogP contribution in [0.5, 0.6) is 0 Å². The van der Waals surface area contributed by atoms with Crippen LogP contribution in [0.3, 0.4) is 0 Å². The summed E-state index contributed by atoms with van der Waals surface area (Å²) >= 11 is 0. The first-order valence-corrected chi connectivity index (χ1v) is 6.66. The highest BCUT2D eigenvalue weighted by Gasteiger charge is 2.24. The fraction of sp³-hybridized carbons (Fsp3) is 0.312. The van der Waals surface area contributed by atoms with Crippen molar-refractivity contribution in [1.82, 2.24) is 0 Å². The Morgan fingerprint density at radius 3 is 2.63 bits per heavy atom. The second kappa shape index (κ2) is 5.02. The number of carbonyl (C=O) groups is 1. The molecule has 2 aromatic rings. The zero-order chi connectivity index (χ0) is 13.2. The Bertz CT molecular complexity index is 615. The maximum absolute atomic E-state index is 12.5. The first-order valence-electron chi connectivity index (χ1n) is 6.66. The molecule has 2 N–H and O–H groups in total. The molecule has 1 aliphatic rings. The van der Waals surface area contributed by atoms with E-state index in [1.54, 1.807) is 0 Å². The fourth-order valence-electron chi connectivity index (χ4n) is 2.64. The van der Waals surface area contributed by atoms with Gasteiger partial charge in [0, 0.05) is 23.8 Å². The second-order valence-electron chi connectivity index (χ2n) is 5.06. The van der Waals surface area contributed by atoms with Crippen molar-refractivity contribution in [2.45, 2.75) is 12.8 Å². The quantitative estimate of drug-likeness (QED) is 0.663. The molecular weight excluding hydrogens is 238 g/mol. The minimum absolute atomic E-state index is 0.0442. The predicted octanol–water partition coefficient (Wildman–Crippen LogP) is 3.03. The number of nitrogen functional groups attached to an aromatic ring is 1. The number of ether oxygens (including phenoxy) is 1. The molecular formula is C16H17NO2. The molecule has 0 aromatic heterocycles. The molecule has 0 spiro atoms. The highest BCUT2D eigenvalue weighted by Crippen LogP contribution is 2.26. The number of fused-ring (bicyclic) bond motifs is 1. The Labute approximate surface area is 112 Å². The number of carbonyl (C=O) groups excluding carboxylic acids is 1. The summed E-state index contributed by atoms with van der Waals surface area (Å²) in [5, 5.41) is 2.12. The van der Waals surface area contributed by atoms with Crippen molar-refractivity contribution in [3.05, 3.63) is 42.0 Å². The lowest BCUT2D eigenvalue weighted by Gasteiger charge is -2.21. The van der Waals surface area contributed by atoms with E-state index in [4.69, 9.17) is 10.5 Å². The van der Waals surface area contributed by atoms with Crippen molar-refractivity contribution in [1.29, 1.82) is 0 Å².